The summed E-state index contributed by atoms with van der Waals surface area (Å²) >= 11 is 1.51. The number of rotatable bonds is 4. The topological polar surface area (TPSA) is 75.0 Å². The van der Waals surface area contributed by atoms with Crippen molar-refractivity contribution in [1.29, 1.82) is 5.26 Å². The minimum absolute atomic E-state index is 0.216. The standard InChI is InChI=1S/C17H25N3O2S/c1-11(2)8-17(15(21)22-16(3,4)5)9-12(10-18)13(20-17)14-19-6-7-23-14/h6-7,11-13,20H,8-9H2,1-5H3. The number of hydrogen-bond acceptors (Lipinski definition) is 6. The third-order valence-corrected chi connectivity index (χ3v) is 4.69. The van der Waals surface area contributed by atoms with Crippen LogP contribution in [0.15, 0.2) is 11.6 Å². The third kappa shape index (κ3) is 4.10. The molecule has 1 aliphatic rings. The smallest absolute Gasteiger partial charge is 0.326 e. The number of esters is 1. The predicted molar refractivity (Wildman–Crippen MR) is 89.7 cm³/mol. The monoisotopic (exact) mass is 335 g/mol. The van der Waals surface area contributed by atoms with Crippen LogP contribution in [-0.4, -0.2) is 22.1 Å². The van der Waals surface area contributed by atoms with Gasteiger partial charge in [0.1, 0.15) is 16.1 Å². The van der Waals surface area contributed by atoms with Gasteiger partial charge in [-0.25, -0.2) is 4.98 Å². The van der Waals surface area contributed by atoms with E-state index < -0.39 is 11.1 Å². The first-order valence-corrected chi connectivity index (χ1v) is 8.85. The minimum atomic E-state index is -0.821. The fourth-order valence-corrected chi connectivity index (χ4v) is 3.89. The zero-order valence-corrected chi connectivity index (χ0v) is 15.2. The van der Waals surface area contributed by atoms with Crippen LogP contribution in [-0.2, 0) is 9.53 Å². The Morgan fingerprint density at radius 1 is 1.61 bits per heavy atom. The molecule has 1 aliphatic heterocycles. The molecule has 2 heterocycles. The Kier molecular flexibility index (Phi) is 5.12. The van der Waals surface area contributed by atoms with Gasteiger partial charge in [-0.3, -0.25) is 10.1 Å². The van der Waals surface area contributed by atoms with E-state index in [1.54, 1.807) is 6.20 Å². The lowest BCUT2D eigenvalue weighted by molar-refractivity contribution is -0.163. The van der Waals surface area contributed by atoms with E-state index in [-0.39, 0.29) is 17.9 Å². The summed E-state index contributed by atoms with van der Waals surface area (Å²) in [6.07, 6.45) is 2.83. The lowest BCUT2D eigenvalue weighted by atomic mass is 9.84. The van der Waals surface area contributed by atoms with Crippen LogP contribution in [0.3, 0.4) is 0 Å². The Hall–Kier alpha value is -1.45. The Bertz CT molecular complexity index is 586. The minimum Gasteiger partial charge on any atom is -0.459 e. The Morgan fingerprint density at radius 3 is 2.78 bits per heavy atom. The van der Waals surface area contributed by atoms with Crippen LogP contribution in [0.1, 0.15) is 58.5 Å². The molecule has 1 saturated heterocycles. The molecule has 0 amide bonds. The quantitative estimate of drug-likeness (QED) is 0.853. The van der Waals surface area contributed by atoms with E-state index in [4.69, 9.17) is 4.74 Å². The van der Waals surface area contributed by atoms with Crippen molar-refractivity contribution in [3.63, 3.8) is 0 Å². The van der Waals surface area contributed by atoms with Gasteiger partial charge in [0.15, 0.2) is 0 Å². The van der Waals surface area contributed by atoms with Gasteiger partial charge in [0.25, 0.3) is 0 Å². The van der Waals surface area contributed by atoms with Gasteiger partial charge in [0.05, 0.1) is 18.0 Å². The third-order valence-electron chi connectivity index (χ3n) is 3.83. The Labute approximate surface area is 142 Å². The molecule has 1 aromatic rings. The van der Waals surface area contributed by atoms with Gasteiger partial charge in [-0.05, 0) is 39.5 Å². The maximum Gasteiger partial charge on any atom is 0.326 e. The van der Waals surface area contributed by atoms with Gasteiger partial charge in [0, 0.05) is 11.6 Å². The zero-order chi connectivity index (χ0) is 17.3. The number of hydrogen-bond donors (Lipinski definition) is 1. The molecule has 126 valence electrons. The highest BCUT2D eigenvalue weighted by molar-refractivity contribution is 7.09. The summed E-state index contributed by atoms with van der Waals surface area (Å²) in [6.45, 7) is 9.74. The van der Waals surface area contributed by atoms with Gasteiger partial charge >= 0.3 is 5.97 Å². The van der Waals surface area contributed by atoms with E-state index >= 15 is 0 Å². The molecular weight excluding hydrogens is 310 g/mol. The summed E-state index contributed by atoms with van der Waals surface area (Å²) in [4.78, 5) is 17.2. The van der Waals surface area contributed by atoms with E-state index in [1.165, 1.54) is 11.3 Å². The second-order valence-corrected chi connectivity index (χ2v) is 8.54. The maximum atomic E-state index is 12.9. The number of ether oxygens (including phenoxy) is 1. The van der Waals surface area contributed by atoms with Gasteiger partial charge in [-0.2, -0.15) is 5.26 Å². The number of carbonyl (C=O) groups excluding carboxylic acids is 1. The predicted octanol–water partition coefficient (Wildman–Crippen LogP) is 3.44. The van der Waals surface area contributed by atoms with Crippen LogP contribution >= 0.6 is 11.3 Å². The van der Waals surface area contributed by atoms with Gasteiger partial charge < -0.3 is 4.74 Å². The second kappa shape index (κ2) is 6.58. The van der Waals surface area contributed by atoms with E-state index in [9.17, 15) is 10.1 Å². The first-order valence-electron chi connectivity index (χ1n) is 7.97. The molecule has 0 bridgehead atoms. The molecule has 6 heteroatoms. The average molecular weight is 335 g/mol. The fourth-order valence-electron chi connectivity index (χ4n) is 3.13. The summed E-state index contributed by atoms with van der Waals surface area (Å²) in [5.74, 6) is -0.241. The number of nitrogens with zero attached hydrogens (tertiary/aromatic N) is 2. The molecular formula is C17H25N3O2S. The van der Waals surface area contributed by atoms with Crippen molar-refractivity contribution in [1.82, 2.24) is 10.3 Å². The molecule has 0 radical (unpaired) electrons. The summed E-state index contributed by atoms with van der Waals surface area (Å²) < 4.78 is 5.66. The molecule has 2 rings (SSSR count). The summed E-state index contributed by atoms with van der Waals surface area (Å²) in [5, 5.41) is 15.7. The molecule has 1 fully saturated rings. The van der Waals surface area contributed by atoms with Crippen molar-refractivity contribution < 1.29 is 9.53 Å². The average Bonchev–Trinajstić information content (AvgIpc) is 3.03. The maximum absolute atomic E-state index is 12.9. The highest BCUT2D eigenvalue weighted by atomic mass is 32.1. The molecule has 0 aromatic carbocycles. The molecule has 5 nitrogen and oxygen atoms in total. The number of nitriles is 1. The zero-order valence-electron chi connectivity index (χ0n) is 14.4. The van der Waals surface area contributed by atoms with Gasteiger partial charge in [0.2, 0.25) is 0 Å². The lowest BCUT2D eigenvalue weighted by Crippen LogP contribution is -2.52. The molecule has 23 heavy (non-hydrogen) atoms. The normalized spacial score (nSPS) is 27.9. The molecule has 1 aromatic heterocycles. The van der Waals surface area contributed by atoms with Crippen LogP contribution in [0.4, 0.5) is 0 Å². The Morgan fingerprint density at radius 2 is 2.30 bits per heavy atom. The molecule has 0 saturated carbocycles. The summed E-state index contributed by atoms with van der Waals surface area (Å²) in [5.41, 5.74) is -1.37. The van der Waals surface area contributed by atoms with Crippen molar-refractivity contribution in [3.05, 3.63) is 16.6 Å². The van der Waals surface area contributed by atoms with Crippen molar-refractivity contribution in [2.75, 3.05) is 0 Å². The SMILES string of the molecule is CC(C)CC1(C(=O)OC(C)(C)C)CC(C#N)C(c2nccs2)N1. The van der Waals surface area contributed by atoms with E-state index in [2.05, 4.69) is 30.2 Å². The summed E-state index contributed by atoms with van der Waals surface area (Å²) in [7, 11) is 0. The molecule has 3 atom stereocenters. The van der Waals surface area contributed by atoms with Crippen molar-refractivity contribution >= 4 is 17.3 Å². The highest BCUT2D eigenvalue weighted by Crippen LogP contribution is 2.42. The first kappa shape index (κ1) is 17.9. The van der Waals surface area contributed by atoms with Gasteiger partial charge in [-0.15, -0.1) is 11.3 Å². The van der Waals surface area contributed by atoms with Crippen LogP contribution in [0, 0.1) is 23.2 Å². The summed E-state index contributed by atoms with van der Waals surface area (Å²) in [6, 6.07) is 2.13. The second-order valence-electron chi connectivity index (χ2n) is 7.61. The number of aromatic nitrogens is 1. The largest absolute Gasteiger partial charge is 0.459 e. The highest BCUT2D eigenvalue weighted by Gasteiger charge is 2.53. The molecule has 0 spiro atoms. The van der Waals surface area contributed by atoms with Crippen molar-refractivity contribution in [3.8, 4) is 6.07 Å². The van der Waals surface area contributed by atoms with Gasteiger partial charge in [-0.1, -0.05) is 13.8 Å². The van der Waals surface area contributed by atoms with Crippen LogP contribution in [0.2, 0.25) is 0 Å². The molecule has 3 unspecified atom stereocenters. The fraction of sp³-hybridized carbons (Fsp3) is 0.706. The first-order chi connectivity index (χ1) is 10.7. The number of nitrogens with one attached hydrogen (secondary N) is 1. The van der Waals surface area contributed by atoms with Crippen molar-refractivity contribution in [2.45, 2.75) is 64.6 Å². The van der Waals surface area contributed by atoms with E-state index in [0.29, 0.717) is 18.8 Å². The molecule has 0 aliphatic carbocycles. The van der Waals surface area contributed by atoms with Crippen LogP contribution in [0.5, 0.6) is 0 Å². The van der Waals surface area contributed by atoms with Crippen LogP contribution in [0.25, 0.3) is 0 Å². The van der Waals surface area contributed by atoms with Crippen LogP contribution < -0.4 is 5.32 Å². The molecule has 1 N–H and O–H groups in total. The van der Waals surface area contributed by atoms with E-state index in [0.717, 1.165) is 5.01 Å². The Balaban J connectivity index is 2.32. The lowest BCUT2D eigenvalue weighted by Gasteiger charge is -2.33. The number of carbonyl (C=O) groups is 1. The number of thiazole rings is 1. The van der Waals surface area contributed by atoms with Crippen molar-refractivity contribution in [2.24, 2.45) is 11.8 Å². The van der Waals surface area contributed by atoms with E-state index in [1.807, 2.05) is 26.2 Å².